The van der Waals surface area contributed by atoms with Gasteiger partial charge in [0, 0.05) is 25.4 Å². The van der Waals surface area contributed by atoms with Gasteiger partial charge in [0.05, 0.1) is 13.1 Å². The number of benzene rings is 1. The summed E-state index contributed by atoms with van der Waals surface area (Å²) in [4.78, 5) is 4.25. The molecule has 1 heterocycles. The van der Waals surface area contributed by atoms with Crippen LogP contribution < -0.4 is 15.4 Å². The first-order valence-electron chi connectivity index (χ1n) is 9.05. The van der Waals surface area contributed by atoms with Gasteiger partial charge >= 0.3 is 6.18 Å². The van der Waals surface area contributed by atoms with Gasteiger partial charge in [-0.1, -0.05) is 18.2 Å². The molecule has 0 aliphatic carbocycles. The van der Waals surface area contributed by atoms with Crippen molar-refractivity contribution in [3.05, 3.63) is 47.3 Å². The summed E-state index contributed by atoms with van der Waals surface area (Å²) in [6.45, 7) is 6.65. The summed E-state index contributed by atoms with van der Waals surface area (Å²) in [6.07, 6.45) is -3.33. The Bertz CT molecular complexity index is 801. The van der Waals surface area contributed by atoms with Gasteiger partial charge in [0.1, 0.15) is 11.9 Å². The number of hydrogen-bond acceptors (Lipinski definition) is 3. The lowest BCUT2D eigenvalue weighted by Crippen LogP contribution is -2.41. The Kier molecular flexibility index (Phi) is 7.31. The Balaban J connectivity index is 2.00. The largest absolute Gasteiger partial charge is 0.489 e. The molecular formula is C19H26F3N5O. The summed E-state index contributed by atoms with van der Waals surface area (Å²) in [7, 11) is 1.45. The number of nitrogens with one attached hydrogen (secondary N) is 2. The van der Waals surface area contributed by atoms with Crippen LogP contribution in [0.5, 0.6) is 5.75 Å². The molecule has 1 atom stereocenters. The Morgan fingerprint density at radius 1 is 1.29 bits per heavy atom. The number of hydrogen-bond donors (Lipinski definition) is 2. The molecule has 1 unspecified atom stereocenters. The highest BCUT2D eigenvalue weighted by Crippen LogP contribution is 2.30. The van der Waals surface area contributed by atoms with E-state index in [2.05, 4.69) is 20.7 Å². The van der Waals surface area contributed by atoms with Crippen LogP contribution in [0, 0.1) is 6.92 Å². The van der Waals surface area contributed by atoms with Crippen molar-refractivity contribution >= 4 is 5.96 Å². The number of nitrogens with zero attached hydrogens (tertiary/aromatic N) is 3. The zero-order valence-electron chi connectivity index (χ0n) is 16.5. The van der Waals surface area contributed by atoms with Crippen molar-refractivity contribution in [3.63, 3.8) is 0 Å². The third kappa shape index (κ3) is 6.17. The zero-order valence-corrected chi connectivity index (χ0v) is 16.5. The molecule has 0 radical (unpaired) electrons. The fraction of sp³-hybridized carbons (Fsp3) is 0.474. The van der Waals surface area contributed by atoms with E-state index in [4.69, 9.17) is 4.74 Å². The van der Waals surface area contributed by atoms with Crippen LogP contribution in [-0.2, 0) is 19.8 Å². The van der Waals surface area contributed by atoms with Gasteiger partial charge in [-0.15, -0.1) is 0 Å². The minimum atomic E-state index is -4.51. The number of alkyl halides is 3. The molecule has 1 aromatic carbocycles. The van der Waals surface area contributed by atoms with Crippen LogP contribution >= 0.6 is 0 Å². The standard InChI is InChI=1S/C19H26F3N5O/c1-5-23-18(24-10-14(3)28-16-9-7-6-8-13(16)2)25-11-15-12-27(4)26-17(15)19(20,21)22/h6-9,12,14H,5,10-11H2,1-4H3,(H2,23,24,25). The molecule has 0 saturated carbocycles. The normalized spacial score (nSPS) is 13.3. The summed E-state index contributed by atoms with van der Waals surface area (Å²) < 4.78 is 46.2. The number of ether oxygens (including phenoxy) is 1. The summed E-state index contributed by atoms with van der Waals surface area (Å²) in [6, 6.07) is 7.70. The monoisotopic (exact) mass is 397 g/mol. The summed E-state index contributed by atoms with van der Waals surface area (Å²) in [5.74, 6) is 1.21. The molecule has 0 bridgehead atoms. The van der Waals surface area contributed by atoms with Crippen LogP contribution in [0.1, 0.15) is 30.7 Å². The average molecular weight is 397 g/mol. The van der Waals surface area contributed by atoms with Crippen LogP contribution in [0.15, 0.2) is 35.5 Å². The highest BCUT2D eigenvalue weighted by atomic mass is 19.4. The molecule has 0 saturated heterocycles. The van der Waals surface area contributed by atoms with E-state index in [1.807, 2.05) is 45.0 Å². The van der Waals surface area contributed by atoms with Crippen LogP contribution in [-0.4, -0.2) is 34.9 Å². The van der Waals surface area contributed by atoms with Crippen molar-refractivity contribution in [1.82, 2.24) is 20.4 Å². The molecular weight excluding hydrogens is 371 g/mol. The quantitative estimate of drug-likeness (QED) is 0.556. The van der Waals surface area contributed by atoms with E-state index in [0.717, 1.165) is 16.0 Å². The lowest BCUT2D eigenvalue weighted by atomic mass is 10.2. The highest BCUT2D eigenvalue weighted by molar-refractivity contribution is 5.79. The van der Waals surface area contributed by atoms with E-state index in [1.54, 1.807) is 0 Å². The van der Waals surface area contributed by atoms with Crippen LogP contribution in [0.4, 0.5) is 13.2 Å². The van der Waals surface area contributed by atoms with E-state index < -0.39 is 11.9 Å². The van der Waals surface area contributed by atoms with Crippen molar-refractivity contribution in [2.24, 2.45) is 12.0 Å². The van der Waals surface area contributed by atoms with Crippen molar-refractivity contribution in [3.8, 4) is 5.75 Å². The minimum absolute atomic E-state index is 0.0245. The van der Waals surface area contributed by atoms with Crippen molar-refractivity contribution in [1.29, 1.82) is 0 Å². The second kappa shape index (κ2) is 9.48. The Morgan fingerprint density at radius 2 is 2.00 bits per heavy atom. The number of aromatic nitrogens is 2. The molecule has 0 aliphatic heterocycles. The predicted octanol–water partition coefficient (Wildman–Crippen LogP) is 3.27. The van der Waals surface area contributed by atoms with Crippen LogP contribution in [0.2, 0.25) is 0 Å². The van der Waals surface area contributed by atoms with Gasteiger partial charge in [-0.2, -0.15) is 18.3 Å². The summed E-state index contributed by atoms with van der Waals surface area (Å²) in [5.41, 5.74) is 0.147. The second-order valence-electron chi connectivity index (χ2n) is 6.44. The van der Waals surface area contributed by atoms with Gasteiger partial charge < -0.3 is 15.4 Å². The molecule has 0 spiro atoms. The van der Waals surface area contributed by atoms with E-state index >= 15 is 0 Å². The first kappa shape index (κ1) is 21.6. The average Bonchev–Trinajstić information content (AvgIpc) is 3.00. The molecule has 0 amide bonds. The molecule has 1 aromatic heterocycles. The minimum Gasteiger partial charge on any atom is -0.489 e. The molecule has 154 valence electrons. The molecule has 0 aliphatic rings. The zero-order chi connectivity index (χ0) is 20.7. The van der Waals surface area contributed by atoms with Crippen LogP contribution in [0.25, 0.3) is 0 Å². The SMILES string of the molecule is CCNC(=NCc1cn(C)nc1C(F)(F)F)NCC(C)Oc1ccccc1C. The Hall–Kier alpha value is -2.71. The molecule has 2 aromatic rings. The van der Waals surface area contributed by atoms with Gasteiger partial charge in [-0.3, -0.25) is 4.68 Å². The number of guanidine groups is 1. The number of rotatable bonds is 7. The Morgan fingerprint density at radius 3 is 2.64 bits per heavy atom. The lowest BCUT2D eigenvalue weighted by molar-refractivity contribution is -0.142. The summed E-state index contributed by atoms with van der Waals surface area (Å²) in [5, 5.41) is 9.62. The van der Waals surface area contributed by atoms with Crippen molar-refractivity contribution < 1.29 is 17.9 Å². The molecule has 2 N–H and O–H groups in total. The topological polar surface area (TPSA) is 63.5 Å². The molecule has 28 heavy (non-hydrogen) atoms. The molecule has 2 rings (SSSR count). The van der Waals surface area contributed by atoms with Gasteiger partial charge in [0.2, 0.25) is 0 Å². The third-order valence-electron chi connectivity index (χ3n) is 3.90. The van der Waals surface area contributed by atoms with Crippen LogP contribution in [0.3, 0.4) is 0 Å². The third-order valence-corrected chi connectivity index (χ3v) is 3.90. The highest BCUT2D eigenvalue weighted by Gasteiger charge is 2.36. The fourth-order valence-corrected chi connectivity index (χ4v) is 2.59. The first-order chi connectivity index (χ1) is 13.2. The number of aryl methyl sites for hydroxylation is 2. The van der Waals surface area contributed by atoms with Gasteiger partial charge in [0.15, 0.2) is 11.7 Å². The number of halogens is 3. The predicted molar refractivity (Wildman–Crippen MR) is 102 cm³/mol. The maximum atomic E-state index is 13.1. The Labute approximate surface area is 162 Å². The van der Waals surface area contributed by atoms with Crippen molar-refractivity contribution in [2.75, 3.05) is 13.1 Å². The van der Waals surface area contributed by atoms with Crippen molar-refractivity contribution in [2.45, 2.75) is 39.6 Å². The molecule has 6 nitrogen and oxygen atoms in total. The maximum absolute atomic E-state index is 13.1. The van der Waals surface area contributed by atoms with E-state index in [1.165, 1.54) is 13.2 Å². The van der Waals surface area contributed by atoms with Gasteiger partial charge in [-0.05, 0) is 32.4 Å². The second-order valence-corrected chi connectivity index (χ2v) is 6.44. The number of para-hydroxylation sites is 1. The smallest absolute Gasteiger partial charge is 0.435 e. The lowest BCUT2D eigenvalue weighted by Gasteiger charge is -2.18. The van der Waals surface area contributed by atoms with E-state index in [-0.39, 0.29) is 18.2 Å². The summed E-state index contributed by atoms with van der Waals surface area (Å²) >= 11 is 0. The number of aliphatic imine (C=N–C) groups is 1. The molecule has 9 heteroatoms. The first-order valence-corrected chi connectivity index (χ1v) is 9.05. The van der Waals surface area contributed by atoms with E-state index in [9.17, 15) is 13.2 Å². The fourth-order valence-electron chi connectivity index (χ4n) is 2.59. The van der Waals surface area contributed by atoms with Gasteiger partial charge in [0.25, 0.3) is 0 Å². The van der Waals surface area contributed by atoms with E-state index in [0.29, 0.717) is 19.0 Å². The maximum Gasteiger partial charge on any atom is 0.435 e. The molecule has 0 fully saturated rings. The van der Waals surface area contributed by atoms with Gasteiger partial charge in [-0.25, -0.2) is 4.99 Å².